The van der Waals surface area contributed by atoms with Gasteiger partial charge in [-0.2, -0.15) is 0 Å². The van der Waals surface area contributed by atoms with E-state index in [1.54, 1.807) is 37.3 Å². The van der Waals surface area contributed by atoms with Crippen molar-refractivity contribution in [3.63, 3.8) is 0 Å². The molecule has 0 spiro atoms. The summed E-state index contributed by atoms with van der Waals surface area (Å²) in [7, 11) is 0. The molecule has 1 saturated heterocycles. The molecule has 2 N–H and O–H groups in total. The molecule has 12 heteroatoms. The fourth-order valence-electron chi connectivity index (χ4n) is 3.69. The number of anilines is 2. The van der Waals surface area contributed by atoms with E-state index in [0.717, 1.165) is 17.0 Å². The van der Waals surface area contributed by atoms with Gasteiger partial charge < -0.3 is 15.4 Å². The number of rotatable bonds is 6. The maximum atomic E-state index is 13.1. The maximum absolute atomic E-state index is 13.1. The number of alkyl halides is 3. The van der Waals surface area contributed by atoms with E-state index in [1.165, 1.54) is 24.4 Å². The summed E-state index contributed by atoms with van der Waals surface area (Å²) < 4.78 is 41.0. The van der Waals surface area contributed by atoms with Crippen LogP contribution in [0.2, 0.25) is 5.02 Å². The fourth-order valence-corrected chi connectivity index (χ4v) is 3.88. The van der Waals surface area contributed by atoms with E-state index in [2.05, 4.69) is 20.4 Å². The van der Waals surface area contributed by atoms with Gasteiger partial charge in [0.2, 0.25) is 0 Å². The molecule has 1 aromatic heterocycles. The van der Waals surface area contributed by atoms with Crippen molar-refractivity contribution in [3.8, 4) is 5.75 Å². The third kappa shape index (κ3) is 5.57. The molecule has 4 rings (SSSR count). The second-order valence-electron chi connectivity index (χ2n) is 7.87. The van der Waals surface area contributed by atoms with Gasteiger partial charge in [0.1, 0.15) is 17.6 Å². The van der Waals surface area contributed by atoms with E-state index in [0.29, 0.717) is 16.1 Å². The number of carbonyl (C=O) groups is 3. The number of benzene rings is 2. The van der Waals surface area contributed by atoms with E-state index in [-0.39, 0.29) is 11.5 Å². The van der Waals surface area contributed by atoms with Crippen LogP contribution in [-0.2, 0) is 4.79 Å². The monoisotopic (exact) mass is 518 g/mol. The minimum Gasteiger partial charge on any atom is -0.406 e. The van der Waals surface area contributed by atoms with Gasteiger partial charge in [0.15, 0.2) is 0 Å². The first-order valence-corrected chi connectivity index (χ1v) is 10.9. The average Bonchev–Trinajstić information content (AvgIpc) is 3.12. The molecule has 0 bridgehead atoms. The zero-order chi connectivity index (χ0) is 26.0. The lowest BCUT2D eigenvalue weighted by molar-refractivity contribution is -0.274. The van der Waals surface area contributed by atoms with Crippen molar-refractivity contribution in [2.75, 3.05) is 10.2 Å². The first-order chi connectivity index (χ1) is 17.0. The van der Waals surface area contributed by atoms with Crippen molar-refractivity contribution in [2.24, 2.45) is 0 Å². The van der Waals surface area contributed by atoms with E-state index >= 15 is 0 Å². The molecule has 2 atom stereocenters. The summed E-state index contributed by atoms with van der Waals surface area (Å²) in [4.78, 5) is 43.1. The van der Waals surface area contributed by atoms with E-state index in [9.17, 15) is 27.6 Å². The molecule has 2 aromatic carbocycles. The van der Waals surface area contributed by atoms with Crippen molar-refractivity contribution >= 4 is 41.0 Å². The Labute approximate surface area is 208 Å². The number of aromatic nitrogens is 1. The van der Waals surface area contributed by atoms with Crippen molar-refractivity contribution in [1.29, 1.82) is 0 Å². The number of hydrogen-bond donors (Lipinski definition) is 2. The number of amides is 4. The number of pyridine rings is 1. The summed E-state index contributed by atoms with van der Waals surface area (Å²) in [5.41, 5.74) is 1.04. The highest BCUT2D eigenvalue weighted by atomic mass is 35.5. The third-order valence-electron chi connectivity index (χ3n) is 5.44. The SMILES string of the molecule is CC(c1ccnc(NC(=O)c2cccc(Cl)c2)c1)C1NC(=O)N(c2ccc(OC(F)(F)F)cc2)C1=O. The van der Waals surface area contributed by atoms with Crippen LogP contribution in [0.5, 0.6) is 5.75 Å². The Kier molecular flexibility index (Phi) is 6.84. The fraction of sp³-hybridized carbons (Fsp3) is 0.167. The third-order valence-corrected chi connectivity index (χ3v) is 5.67. The number of carbonyl (C=O) groups excluding carboxylic acids is 3. The van der Waals surface area contributed by atoms with Crippen LogP contribution in [0.4, 0.5) is 29.5 Å². The summed E-state index contributed by atoms with van der Waals surface area (Å²) in [6.45, 7) is 1.71. The number of urea groups is 1. The highest BCUT2D eigenvalue weighted by molar-refractivity contribution is 6.31. The summed E-state index contributed by atoms with van der Waals surface area (Å²) in [5, 5.41) is 5.67. The van der Waals surface area contributed by atoms with Gasteiger partial charge >= 0.3 is 12.4 Å². The number of nitrogens with zero attached hydrogens (tertiary/aromatic N) is 2. The molecule has 2 heterocycles. The minimum atomic E-state index is -4.86. The number of ether oxygens (including phenoxy) is 1. The highest BCUT2D eigenvalue weighted by Crippen LogP contribution is 2.30. The van der Waals surface area contributed by atoms with Crippen LogP contribution in [0.15, 0.2) is 66.9 Å². The first-order valence-electron chi connectivity index (χ1n) is 10.5. The molecular weight excluding hydrogens is 501 g/mol. The van der Waals surface area contributed by atoms with Crippen molar-refractivity contribution in [1.82, 2.24) is 10.3 Å². The van der Waals surface area contributed by atoms with Gasteiger partial charge in [-0.15, -0.1) is 13.2 Å². The Morgan fingerprint density at radius 1 is 1.14 bits per heavy atom. The molecule has 4 amide bonds. The molecule has 2 unspecified atom stereocenters. The normalized spacial score (nSPS) is 16.5. The zero-order valence-electron chi connectivity index (χ0n) is 18.5. The number of nitrogens with one attached hydrogen (secondary N) is 2. The zero-order valence-corrected chi connectivity index (χ0v) is 19.3. The molecular formula is C24H18ClF3N4O4. The van der Waals surface area contributed by atoms with Gasteiger partial charge in [-0.3, -0.25) is 9.59 Å². The lowest BCUT2D eigenvalue weighted by Crippen LogP contribution is -2.35. The largest absolute Gasteiger partial charge is 0.573 e. The molecule has 1 fully saturated rings. The van der Waals surface area contributed by atoms with Crippen LogP contribution in [0, 0.1) is 0 Å². The Hall–Kier alpha value is -4.12. The number of imide groups is 1. The van der Waals surface area contributed by atoms with Gasteiger partial charge in [-0.25, -0.2) is 14.7 Å². The molecule has 0 aliphatic carbocycles. The lowest BCUT2D eigenvalue weighted by Gasteiger charge is -2.19. The summed E-state index contributed by atoms with van der Waals surface area (Å²) in [5.74, 6) is -1.78. The summed E-state index contributed by atoms with van der Waals surface area (Å²) in [6, 6.07) is 12.3. The smallest absolute Gasteiger partial charge is 0.406 e. The molecule has 0 radical (unpaired) electrons. The Bertz CT molecular complexity index is 1320. The standard InChI is InChI=1S/C24H18ClF3N4O4/c1-13(14-9-10-29-19(12-14)30-21(33)15-3-2-4-16(25)11-15)20-22(34)32(23(35)31-20)17-5-7-18(8-6-17)36-24(26,27)28/h2-13,20H,1H3,(H,31,35)(H,29,30,33). The topological polar surface area (TPSA) is 101 Å². The Morgan fingerprint density at radius 3 is 2.53 bits per heavy atom. The average molecular weight is 519 g/mol. The number of halogens is 4. The van der Waals surface area contributed by atoms with Gasteiger partial charge in [-0.05, 0) is 60.2 Å². The van der Waals surface area contributed by atoms with Gasteiger partial charge in [-0.1, -0.05) is 24.6 Å². The first kappa shape index (κ1) is 25.0. The maximum Gasteiger partial charge on any atom is 0.573 e. The van der Waals surface area contributed by atoms with Gasteiger partial charge in [0.05, 0.1) is 5.69 Å². The molecule has 186 valence electrons. The van der Waals surface area contributed by atoms with E-state index in [4.69, 9.17) is 11.6 Å². The predicted molar refractivity (Wildman–Crippen MR) is 125 cm³/mol. The van der Waals surface area contributed by atoms with Crippen molar-refractivity contribution in [2.45, 2.75) is 25.2 Å². The molecule has 8 nitrogen and oxygen atoms in total. The molecule has 3 aromatic rings. The Balaban J connectivity index is 1.48. The summed E-state index contributed by atoms with van der Waals surface area (Å²) >= 11 is 5.93. The van der Waals surface area contributed by atoms with Crippen LogP contribution < -0.4 is 20.3 Å². The quantitative estimate of drug-likeness (QED) is 0.441. The van der Waals surface area contributed by atoms with Gasteiger partial charge in [0.25, 0.3) is 11.8 Å². The van der Waals surface area contributed by atoms with Crippen LogP contribution in [0.25, 0.3) is 0 Å². The molecule has 1 aliphatic rings. The molecule has 0 saturated carbocycles. The van der Waals surface area contributed by atoms with Crippen LogP contribution in [-0.4, -0.2) is 35.2 Å². The second kappa shape index (κ2) is 9.86. The van der Waals surface area contributed by atoms with E-state index in [1.807, 2.05) is 0 Å². The number of hydrogen-bond acceptors (Lipinski definition) is 5. The molecule has 1 aliphatic heterocycles. The van der Waals surface area contributed by atoms with E-state index < -0.39 is 41.9 Å². The highest BCUT2D eigenvalue weighted by Gasteiger charge is 2.42. The van der Waals surface area contributed by atoms with Crippen LogP contribution in [0.1, 0.15) is 28.8 Å². The van der Waals surface area contributed by atoms with Crippen LogP contribution >= 0.6 is 11.6 Å². The minimum absolute atomic E-state index is 0.0888. The lowest BCUT2D eigenvalue weighted by atomic mass is 9.94. The summed E-state index contributed by atoms with van der Waals surface area (Å²) in [6.07, 6.45) is -3.41. The van der Waals surface area contributed by atoms with Crippen molar-refractivity contribution < 1.29 is 32.3 Å². The predicted octanol–water partition coefficient (Wildman–Crippen LogP) is 5.11. The van der Waals surface area contributed by atoms with Crippen molar-refractivity contribution in [3.05, 3.63) is 83.0 Å². The van der Waals surface area contributed by atoms with Crippen LogP contribution in [0.3, 0.4) is 0 Å². The Morgan fingerprint density at radius 2 is 1.86 bits per heavy atom. The van der Waals surface area contributed by atoms with Gasteiger partial charge in [0, 0.05) is 22.7 Å². The second-order valence-corrected chi connectivity index (χ2v) is 8.31. The molecule has 36 heavy (non-hydrogen) atoms.